The number of anilines is 2. The van der Waals surface area contributed by atoms with E-state index in [0.717, 1.165) is 9.80 Å². The van der Waals surface area contributed by atoms with Crippen LogP contribution in [-0.2, 0) is 19.2 Å². The molecule has 4 unspecified atom stereocenters. The van der Waals surface area contributed by atoms with Crippen LogP contribution in [0.5, 0.6) is 11.5 Å². The summed E-state index contributed by atoms with van der Waals surface area (Å²) in [5.74, 6) is -4.71. The third kappa shape index (κ3) is 2.61. The lowest BCUT2D eigenvalue weighted by Gasteiger charge is -2.36. The van der Waals surface area contributed by atoms with Crippen molar-refractivity contribution >= 4 is 35.0 Å². The zero-order valence-electron chi connectivity index (χ0n) is 16.3. The second-order valence-corrected chi connectivity index (χ2v) is 7.74. The highest BCUT2D eigenvalue weighted by atomic mass is 16.5. The number of rotatable bonds is 5. The molecule has 0 bridgehead atoms. The Bertz CT molecular complexity index is 1080. The number of carbonyl (C=O) groups excluding carboxylic acids is 4. The number of carbonyl (C=O) groups is 4. The highest BCUT2D eigenvalue weighted by Gasteiger charge is 2.73. The van der Waals surface area contributed by atoms with Gasteiger partial charge in [0.05, 0.1) is 35.0 Å². The fraction of sp³-hybridized carbons (Fsp3) is 0.217. The SMILES string of the molecule is C=CCOc1ccc(N2C(=O)C3C4C(=O)N(c5ccc(O)cc5)C(=O)C4C3C2=O)cc1. The van der Waals surface area contributed by atoms with Gasteiger partial charge in [-0.2, -0.15) is 0 Å². The highest BCUT2D eigenvalue weighted by molar-refractivity contribution is 6.32. The number of fused-ring (bicyclic) bond motifs is 4. The normalized spacial score (nSPS) is 26.6. The van der Waals surface area contributed by atoms with Crippen molar-refractivity contribution in [2.24, 2.45) is 23.7 Å². The van der Waals surface area contributed by atoms with Gasteiger partial charge in [0, 0.05) is 0 Å². The molecule has 4 amide bonds. The Labute approximate surface area is 177 Å². The Balaban J connectivity index is 1.41. The minimum absolute atomic E-state index is 0.00425. The Morgan fingerprint density at radius 2 is 1.13 bits per heavy atom. The van der Waals surface area contributed by atoms with E-state index < -0.39 is 47.3 Å². The molecule has 0 aromatic heterocycles. The first-order valence-electron chi connectivity index (χ1n) is 9.82. The summed E-state index contributed by atoms with van der Waals surface area (Å²) in [5, 5.41) is 9.45. The molecule has 5 rings (SSSR count). The molecule has 8 nitrogen and oxygen atoms in total. The standard InChI is InChI=1S/C23H18N2O6/c1-2-11-31-15-9-5-13(6-10-15)25-22(29)18-16-17(19(18)23(25)30)21(28)24(20(16)27)12-3-7-14(26)8-4-12/h2-10,16-19,26H,1,11H2. The molecule has 31 heavy (non-hydrogen) atoms. The van der Waals surface area contributed by atoms with Crippen LogP contribution < -0.4 is 14.5 Å². The zero-order valence-corrected chi connectivity index (χ0v) is 16.3. The van der Waals surface area contributed by atoms with Gasteiger partial charge in [-0.25, -0.2) is 0 Å². The van der Waals surface area contributed by atoms with Gasteiger partial charge in [-0.1, -0.05) is 12.7 Å². The summed E-state index contributed by atoms with van der Waals surface area (Å²) in [6, 6.07) is 12.1. The maximum Gasteiger partial charge on any atom is 0.238 e. The molecule has 8 heteroatoms. The molecule has 2 heterocycles. The van der Waals surface area contributed by atoms with E-state index >= 15 is 0 Å². The molecular weight excluding hydrogens is 400 g/mol. The van der Waals surface area contributed by atoms with Gasteiger partial charge in [-0.05, 0) is 48.5 Å². The van der Waals surface area contributed by atoms with Gasteiger partial charge in [0.15, 0.2) is 0 Å². The Morgan fingerprint density at radius 3 is 1.52 bits per heavy atom. The van der Waals surface area contributed by atoms with E-state index in [0.29, 0.717) is 23.7 Å². The lowest BCUT2D eigenvalue weighted by atomic mass is 9.59. The van der Waals surface area contributed by atoms with Gasteiger partial charge >= 0.3 is 0 Å². The average Bonchev–Trinajstić information content (AvgIpc) is 3.06. The van der Waals surface area contributed by atoms with Crippen molar-refractivity contribution in [1.82, 2.24) is 0 Å². The molecule has 2 aliphatic heterocycles. The van der Waals surface area contributed by atoms with E-state index in [1.165, 1.54) is 24.3 Å². The van der Waals surface area contributed by atoms with E-state index in [1.807, 2.05) is 0 Å². The van der Waals surface area contributed by atoms with E-state index in [2.05, 4.69) is 6.58 Å². The monoisotopic (exact) mass is 418 g/mol. The van der Waals surface area contributed by atoms with Gasteiger partial charge < -0.3 is 9.84 Å². The molecule has 2 aromatic carbocycles. The maximum atomic E-state index is 13.1. The largest absolute Gasteiger partial charge is 0.508 e. The van der Waals surface area contributed by atoms with Crippen molar-refractivity contribution in [2.75, 3.05) is 16.4 Å². The summed E-state index contributed by atoms with van der Waals surface area (Å²) in [4.78, 5) is 54.2. The first-order valence-corrected chi connectivity index (χ1v) is 9.82. The van der Waals surface area contributed by atoms with Crippen molar-refractivity contribution in [1.29, 1.82) is 0 Å². The van der Waals surface area contributed by atoms with Crippen molar-refractivity contribution in [2.45, 2.75) is 0 Å². The Morgan fingerprint density at radius 1 is 0.742 bits per heavy atom. The molecule has 1 N–H and O–H groups in total. The third-order valence-corrected chi connectivity index (χ3v) is 6.14. The highest BCUT2D eigenvalue weighted by Crippen LogP contribution is 2.57. The molecule has 156 valence electrons. The van der Waals surface area contributed by atoms with Crippen molar-refractivity contribution in [3.8, 4) is 11.5 Å². The number of aromatic hydroxyl groups is 1. The molecule has 1 saturated carbocycles. The molecule has 2 aromatic rings. The molecule has 1 aliphatic carbocycles. The molecule has 2 saturated heterocycles. The molecule has 0 spiro atoms. The Hall–Kier alpha value is -3.94. The first-order chi connectivity index (χ1) is 14.9. The summed E-state index contributed by atoms with van der Waals surface area (Å²) in [6.07, 6.45) is 1.60. The van der Waals surface area contributed by atoms with Crippen molar-refractivity contribution < 1.29 is 29.0 Å². The molecule has 3 aliphatic rings. The number of nitrogens with zero attached hydrogens (tertiary/aromatic N) is 2. The van der Waals surface area contributed by atoms with Crippen LogP contribution in [0.3, 0.4) is 0 Å². The number of amides is 4. The van der Waals surface area contributed by atoms with Crippen LogP contribution >= 0.6 is 0 Å². The zero-order chi connectivity index (χ0) is 21.9. The van der Waals surface area contributed by atoms with E-state index in [1.54, 1.807) is 30.3 Å². The quantitative estimate of drug-likeness (QED) is 0.587. The Kier molecular flexibility index (Phi) is 4.18. The minimum atomic E-state index is -0.844. The second kappa shape index (κ2) is 6.80. The third-order valence-electron chi connectivity index (χ3n) is 6.14. The molecular formula is C23H18N2O6. The van der Waals surface area contributed by atoms with E-state index in [4.69, 9.17) is 4.74 Å². The van der Waals surface area contributed by atoms with Crippen LogP contribution in [0.4, 0.5) is 11.4 Å². The van der Waals surface area contributed by atoms with E-state index in [-0.39, 0.29) is 5.75 Å². The number of phenols is 1. The van der Waals surface area contributed by atoms with Crippen LogP contribution in [0, 0.1) is 23.7 Å². The predicted octanol–water partition coefficient (Wildman–Crippen LogP) is 1.88. The number of hydrogen-bond donors (Lipinski definition) is 1. The molecule has 3 fully saturated rings. The summed E-state index contributed by atoms with van der Waals surface area (Å²) in [7, 11) is 0. The van der Waals surface area contributed by atoms with Crippen LogP contribution in [-0.4, -0.2) is 35.3 Å². The fourth-order valence-corrected chi connectivity index (χ4v) is 4.75. The second-order valence-electron chi connectivity index (χ2n) is 7.74. The summed E-state index contributed by atoms with van der Waals surface area (Å²) < 4.78 is 5.41. The number of phenolic OH excluding ortho intramolecular Hbond substituents is 1. The number of hydrogen-bond acceptors (Lipinski definition) is 6. The van der Waals surface area contributed by atoms with Crippen LogP contribution in [0.25, 0.3) is 0 Å². The fourth-order valence-electron chi connectivity index (χ4n) is 4.75. The minimum Gasteiger partial charge on any atom is -0.508 e. The lowest BCUT2D eigenvalue weighted by molar-refractivity contribution is -0.146. The summed E-state index contributed by atoms with van der Waals surface area (Å²) in [6.45, 7) is 3.91. The summed E-state index contributed by atoms with van der Waals surface area (Å²) >= 11 is 0. The molecule has 4 atom stereocenters. The number of imide groups is 2. The maximum absolute atomic E-state index is 13.1. The van der Waals surface area contributed by atoms with Gasteiger partial charge in [0.25, 0.3) is 0 Å². The van der Waals surface area contributed by atoms with Crippen molar-refractivity contribution in [3.63, 3.8) is 0 Å². The average molecular weight is 418 g/mol. The number of ether oxygens (including phenoxy) is 1. The first kappa shape index (κ1) is 19.0. The molecule has 0 radical (unpaired) electrons. The van der Waals surface area contributed by atoms with Gasteiger partial charge in [0.2, 0.25) is 23.6 Å². The van der Waals surface area contributed by atoms with E-state index in [9.17, 15) is 24.3 Å². The van der Waals surface area contributed by atoms with Crippen LogP contribution in [0.15, 0.2) is 61.2 Å². The smallest absolute Gasteiger partial charge is 0.238 e. The predicted molar refractivity (Wildman–Crippen MR) is 109 cm³/mol. The topological polar surface area (TPSA) is 104 Å². The van der Waals surface area contributed by atoms with Gasteiger partial charge in [-0.15, -0.1) is 0 Å². The summed E-state index contributed by atoms with van der Waals surface area (Å²) in [5.41, 5.74) is 0.691. The van der Waals surface area contributed by atoms with Gasteiger partial charge in [-0.3, -0.25) is 29.0 Å². The van der Waals surface area contributed by atoms with Gasteiger partial charge in [0.1, 0.15) is 18.1 Å². The van der Waals surface area contributed by atoms with Crippen LogP contribution in [0.1, 0.15) is 0 Å². The van der Waals surface area contributed by atoms with Crippen LogP contribution in [0.2, 0.25) is 0 Å². The number of benzene rings is 2. The lowest BCUT2D eigenvalue weighted by Crippen LogP contribution is -2.50. The van der Waals surface area contributed by atoms with Crippen molar-refractivity contribution in [3.05, 3.63) is 61.2 Å².